The van der Waals surface area contributed by atoms with Crippen LogP contribution in [0.25, 0.3) is 0 Å². The van der Waals surface area contributed by atoms with Crippen LogP contribution in [0.1, 0.15) is 18.4 Å². The maximum atomic E-state index is 12.6. The normalized spacial score (nSPS) is 11.6. The molecular formula is C12H12ClN3O4S. The van der Waals surface area contributed by atoms with Gasteiger partial charge in [0.1, 0.15) is 10.8 Å². The number of imidazole rings is 1. The molecule has 7 nitrogen and oxygen atoms in total. The molecule has 112 valence electrons. The number of hydrogen-bond donors (Lipinski definition) is 0. The zero-order chi connectivity index (χ0) is 15.8. The molecule has 9 heteroatoms. The number of nitrogens with zero attached hydrogens (tertiary/aromatic N) is 3. The van der Waals surface area contributed by atoms with Crippen molar-refractivity contribution in [1.82, 2.24) is 8.96 Å². The predicted octanol–water partition coefficient (Wildman–Crippen LogP) is 2.55. The van der Waals surface area contributed by atoms with E-state index in [0.29, 0.717) is 17.9 Å². The van der Waals surface area contributed by atoms with Gasteiger partial charge in [-0.25, -0.2) is 17.4 Å². The van der Waals surface area contributed by atoms with E-state index in [9.17, 15) is 18.5 Å². The van der Waals surface area contributed by atoms with Crippen molar-refractivity contribution in [2.75, 3.05) is 0 Å². The fourth-order valence-corrected chi connectivity index (χ4v) is 3.53. The number of nitro benzene ring substituents is 1. The third kappa shape index (κ3) is 2.77. The van der Waals surface area contributed by atoms with Crippen LogP contribution in [-0.4, -0.2) is 22.3 Å². The minimum absolute atomic E-state index is 0.114. The maximum Gasteiger partial charge on any atom is 0.289 e. The summed E-state index contributed by atoms with van der Waals surface area (Å²) in [5.74, 6) is 0.366. The van der Waals surface area contributed by atoms with Gasteiger partial charge in [-0.15, -0.1) is 0 Å². The molecule has 0 aliphatic carbocycles. The predicted molar refractivity (Wildman–Crippen MR) is 77.0 cm³/mol. The summed E-state index contributed by atoms with van der Waals surface area (Å²) < 4.78 is 26.2. The van der Waals surface area contributed by atoms with Gasteiger partial charge in [0.25, 0.3) is 15.7 Å². The highest BCUT2D eigenvalue weighted by Crippen LogP contribution is 2.28. The standard InChI is InChI=1S/C12H12ClN3O4S/c1-3-12-14-8(2)7-15(12)21(19,20)9-4-5-10(13)11(6-9)16(17)18/h4-7H,3H2,1-2H3. The Kier molecular flexibility index (Phi) is 4.02. The quantitative estimate of drug-likeness (QED) is 0.634. The van der Waals surface area contributed by atoms with Crippen LogP contribution in [0.2, 0.25) is 5.02 Å². The van der Waals surface area contributed by atoms with Crippen LogP contribution >= 0.6 is 11.6 Å². The Morgan fingerprint density at radius 2 is 2.10 bits per heavy atom. The molecule has 0 fully saturated rings. The molecule has 1 aromatic carbocycles. The van der Waals surface area contributed by atoms with Crippen LogP contribution in [0, 0.1) is 17.0 Å². The summed E-state index contributed by atoms with van der Waals surface area (Å²) in [7, 11) is -3.94. The second-order valence-electron chi connectivity index (χ2n) is 4.32. The monoisotopic (exact) mass is 329 g/mol. The molecule has 0 bridgehead atoms. The first-order chi connectivity index (χ1) is 9.77. The van der Waals surface area contributed by atoms with Crippen molar-refractivity contribution in [2.45, 2.75) is 25.2 Å². The SMILES string of the molecule is CCc1nc(C)cn1S(=O)(=O)c1ccc(Cl)c([N+](=O)[O-])c1. The largest absolute Gasteiger partial charge is 0.289 e. The number of aryl methyl sites for hydroxylation is 2. The topological polar surface area (TPSA) is 95.1 Å². The van der Waals surface area contributed by atoms with Crippen LogP contribution in [0.15, 0.2) is 29.3 Å². The summed E-state index contributed by atoms with van der Waals surface area (Å²) in [5, 5.41) is 10.8. The van der Waals surface area contributed by atoms with Crippen LogP contribution in [0.5, 0.6) is 0 Å². The summed E-state index contributed by atoms with van der Waals surface area (Å²) in [6.45, 7) is 3.45. The van der Waals surface area contributed by atoms with Crippen molar-refractivity contribution in [3.05, 3.63) is 51.1 Å². The van der Waals surface area contributed by atoms with Crippen molar-refractivity contribution in [2.24, 2.45) is 0 Å². The molecule has 0 radical (unpaired) electrons. The van der Waals surface area contributed by atoms with Gasteiger partial charge in [-0.3, -0.25) is 10.1 Å². The zero-order valence-corrected chi connectivity index (χ0v) is 12.8. The zero-order valence-electron chi connectivity index (χ0n) is 11.3. The van der Waals surface area contributed by atoms with Crippen molar-refractivity contribution < 1.29 is 13.3 Å². The third-order valence-electron chi connectivity index (χ3n) is 2.85. The molecule has 1 aromatic heterocycles. The van der Waals surface area contributed by atoms with E-state index in [0.717, 1.165) is 10.0 Å². The molecule has 0 atom stereocenters. The Morgan fingerprint density at radius 1 is 1.43 bits per heavy atom. The number of rotatable bonds is 4. The lowest BCUT2D eigenvalue weighted by Crippen LogP contribution is -2.15. The van der Waals surface area contributed by atoms with E-state index >= 15 is 0 Å². The number of halogens is 1. The van der Waals surface area contributed by atoms with Crippen molar-refractivity contribution >= 4 is 27.3 Å². The Balaban J connectivity index is 2.64. The molecule has 0 saturated heterocycles. The van der Waals surface area contributed by atoms with Crippen molar-refractivity contribution in [3.63, 3.8) is 0 Å². The van der Waals surface area contributed by atoms with Gasteiger partial charge in [0.05, 0.1) is 15.5 Å². The van der Waals surface area contributed by atoms with Gasteiger partial charge in [-0.05, 0) is 19.1 Å². The number of nitro groups is 1. The lowest BCUT2D eigenvalue weighted by molar-refractivity contribution is -0.384. The van der Waals surface area contributed by atoms with Gasteiger partial charge >= 0.3 is 0 Å². The highest BCUT2D eigenvalue weighted by molar-refractivity contribution is 7.90. The summed E-state index contributed by atoms with van der Waals surface area (Å²) in [6, 6.07) is 3.38. The van der Waals surface area contributed by atoms with Gasteiger partial charge in [-0.1, -0.05) is 18.5 Å². The number of aromatic nitrogens is 2. The molecule has 0 N–H and O–H groups in total. The molecule has 0 aliphatic heterocycles. The van der Waals surface area contributed by atoms with E-state index in [-0.39, 0.29) is 9.92 Å². The molecule has 0 unspecified atom stereocenters. The fraction of sp³-hybridized carbons (Fsp3) is 0.250. The van der Waals surface area contributed by atoms with E-state index in [1.165, 1.54) is 18.3 Å². The lowest BCUT2D eigenvalue weighted by Gasteiger charge is -2.08. The summed E-state index contributed by atoms with van der Waals surface area (Å²) in [6.07, 6.45) is 1.80. The highest BCUT2D eigenvalue weighted by atomic mass is 35.5. The Morgan fingerprint density at radius 3 is 2.67 bits per heavy atom. The first-order valence-electron chi connectivity index (χ1n) is 6.01. The molecule has 0 amide bonds. The second-order valence-corrected chi connectivity index (χ2v) is 6.55. The van der Waals surface area contributed by atoms with E-state index in [1.54, 1.807) is 13.8 Å². The second kappa shape index (κ2) is 5.45. The number of benzene rings is 1. The third-order valence-corrected chi connectivity index (χ3v) is 4.85. The summed E-state index contributed by atoms with van der Waals surface area (Å²) >= 11 is 5.69. The van der Waals surface area contributed by atoms with E-state index in [2.05, 4.69) is 4.98 Å². The summed E-state index contributed by atoms with van der Waals surface area (Å²) in [4.78, 5) is 14.1. The van der Waals surface area contributed by atoms with Gasteiger partial charge < -0.3 is 0 Å². The first kappa shape index (κ1) is 15.5. The van der Waals surface area contributed by atoms with Gasteiger partial charge in [-0.2, -0.15) is 0 Å². The van der Waals surface area contributed by atoms with E-state index in [4.69, 9.17) is 11.6 Å². The van der Waals surface area contributed by atoms with Gasteiger partial charge in [0, 0.05) is 18.7 Å². The molecular weight excluding hydrogens is 318 g/mol. The Bertz CT molecular complexity index is 814. The number of hydrogen-bond acceptors (Lipinski definition) is 5. The molecule has 0 aliphatic rings. The lowest BCUT2D eigenvalue weighted by atomic mass is 10.3. The summed E-state index contributed by atoms with van der Waals surface area (Å²) in [5.41, 5.74) is 0.103. The van der Waals surface area contributed by atoms with E-state index in [1.807, 2.05) is 0 Å². The van der Waals surface area contributed by atoms with Gasteiger partial charge in [0.2, 0.25) is 0 Å². The van der Waals surface area contributed by atoms with Gasteiger partial charge in [0.15, 0.2) is 0 Å². The molecule has 21 heavy (non-hydrogen) atoms. The van der Waals surface area contributed by atoms with Crippen LogP contribution in [0.4, 0.5) is 5.69 Å². The van der Waals surface area contributed by atoms with Crippen LogP contribution in [-0.2, 0) is 16.4 Å². The molecule has 0 spiro atoms. The van der Waals surface area contributed by atoms with Crippen LogP contribution in [0.3, 0.4) is 0 Å². The Hall–Kier alpha value is -1.93. The minimum atomic E-state index is -3.94. The Labute approximate surface area is 126 Å². The van der Waals surface area contributed by atoms with Crippen molar-refractivity contribution in [1.29, 1.82) is 0 Å². The van der Waals surface area contributed by atoms with Crippen LogP contribution < -0.4 is 0 Å². The smallest absolute Gasteiger partial charge is 0.258 e. The average Bonchev–Trinajstić information content (AvgIpc) is 2.80. The first-order valence-corrected chi connectivity index (χ1v) is 7.83. The molecule has 1 heterocycles. The van der Waals surface area contributed by atoms with E-state index < -0.39 is 20.6 Å². The fourth-order valence-electron chi connectivity index (χ4n) is 1.88. The van der Waals surface area contributed by atoms with Crippen molar-refractivity contribution in [3.8, 4) is 0 Å². The highest BCUT2D eigenvalue weighted by Gasteiger charge is 2.24. The molecule has 2 aromatic rings. The average molecular weight is 330 g/mol. The minimum Gasteiger partial charge on any atom is -0.258 e. The molecule has 2 rings (SSSR count). The molecule has 0 saturated carbocycles. The maximum absolute atomic E-state index is 12.6.